The fraction of sp³-hybridized carbons (Fsp3) is 0.455. The molecule has 0 spiro atoms. The predicted octanol–water partition coefficient (Wildman–Crippen LogP) is 1.37. The number of methoxy groups -OCH3 is 1. The van der Waals surface area contributed by atoms with Crippen molar-refractivity contribution in [2.24, 2.45) is 0 Å². The van der Waals surface area contributed by atoms with Crippen LogP contribution in [0.15, 0.2) is 18.3 Å². The molecule has 1 heterocycles. The summed E-state index contributed by atoms with van der Waals surface area (Å²) >= 11 is 0. The van der Waals surface area contributed by atoms with Gasteiger partial charge in [-0.2, -0.15) is 0 Å². The Labute approximate surface area is 89.7 Å². The Bertz CT molecular complexity index is 309. The third kappa shape index (κ3) is 3.67. The third-order valence-corrected chi connectivity index (χ3v) is 1.98. The van der Waals surface area contributed by atoms with Crippen molar-refractivity contribution in [3.63, 3.8) is 0 Å². The molecule has 0 aromatic carbocycles. The average molecular weight is 208 g/mol. The minimum Gasteiger partial charge on any atom is -0.464 e. The van der Waals surface area contributed by atoms with Gasteiger partial charge in [-0.15, -0.1) is 0 Å². The molecule has 0 amide bonds. The normalized spacial score (nSPS) is 10.0. The van der Waals surface area contributed by atoms with Crippen LogP contribution in [0.3, 0.4) is 0 Å². The Morgan fingerprint density at radius 1 is 1.53 bits per heavy atom. The zero-order valence-corrected chi connectivity index (χ0v) is 9.12. The van der Waals surface area contributed by atoms with Crippen LogP contribution in [0.2, 0.25) is 0 Å². The molecule has 0 radical (unpaired) electrons. The molecule has 1 aromatic heterocycles. The number of aromatic nitrogens is 1. The topological polar surface area (TPSA) is 51.2 Å². The molecule has 15 heavy (non-hydrogen) atoms. The first kappa shape index (κ1) is 11.7. The predicted molar refractivity (Wildman–Crippen MR) is 57.6 cm³/mol. The summed E-state index contributed by atoms with van der Waals surface area (Å²) < 4.78 is 4.56. The van der Waals surface area contributed by atoms with Crippen molar-refractivity contribution in [3.8, 4) is 0 Å². The molecule has 4 nitrogen and oxygen atoms in total. The van der Waals surface area contributed by atoms with E-state index in [0.717, 1.165) is 25.1 Å². The number of pyridine rings is 1. The second kappa shape index (κ2) is 6.14. The van der Waals surface area contributed by atoms with Crippen LogP contribution in [-0.4, -0.2) is 24.6 Å². The van der Waals surface area contributed by atoms with E-state index in [9.17, 15) is 4.79 Å². The van der Waals surface area contributed by atoms with Crippen LogP contribution >= 0.6 is 0 Å². The lowest BCUT2D eigenvalue weighted by atomic mass is 10.2. The molecule has 0 aliphatic carbocycles. The lowest BCUT2D eigenvalue weighted by Gasteiger charge is -2.03. The maximum absolute atomic E-state index is 11.1. The fourth-order valence-corrected chi connectivity index (χ4v) is 1.16. The molecule has 1 rings (SSSR count). The Hall–Kier alpha value is -1.42. The number of nitrogens with one attached hydrogen (secondary N) is 1. The van der Waals surface area contributed by atoms with Gasteiger partial charge in [0.1, 0.15) is 5.69 Å². The first-order valence-electron chi connectivity index (χ1n) is 5.02. The van der Waals surface area contributed by atoms with Crippen LogP contribution in [0.1, 0.15) is 29.4 Å². The molecule has 82 valence electrons. The summed E-state index contributed by atoms with van der Waals surface area (Å²) in [5, 5.41) is 3.26. The van der Waals surface area contributed by atoms with Gasteiger partial charge in [0.25, 0.3) is 0 Å². The Morgan fingerprint density at radius 2 is 2.33 bits per heavy atom. The molecular weight excluding hydrogens is 192 g/mol. The highest BCUT2D eigenvalue weighted by molar-refractivity contribution is 5.86. The van der Waals surface area contributed by atoms with Gasteiger partial charge in [0.2, 0.25) is 0 Å². The molecule has 0 unspecified atom stereocenters. The number of rotatable bonds is 5. The van der Waals surface area contributed by atoms with Gasteiger partial charge in [-0.05, 0) is 24.6 Å². The Kier molecular flexibility index (Phi) is 4.77. The van der Waals surface area contributed by atoms with Gasteiger partial charge < -0.3 is 10.1 Å². The summed E-state index contributed by atoms with van der Waals surface area (Å²) in [6.07, 6.45) is 2.79. The highest BCUT2D eigenvalue weighted by atomic mass is 16.5. The summed E-state index contributed by atoms with van der Waals surface area (Å²) in [6, 6.07) is 3.55. The van der Waals surface area contributed by atoms with Gasteiger partial charge >= 0.3 is 5.97 Å². The van der Waals surface area contributed by atoms with Crippen LogP contribution in [-0.2, 0) is 11.3 Å². The molecule has 4 heteroatoms. The van der Waals surface area contributed by atoms with Gasteiger partial charge in [-0.25, -0.2) is 9.78 Å². The van der Waals surface area contributed by atoms with Gasteiger partial charge in [0, 0.05) is 12.7 Å². The second-order valence-corrected chi connectivity index (χ2v) is 3.22. The van der Waals surface area contributed by atoms with Crippen LogP contribution in [0.5, 0.6) is 0 Å². The van der Waals surface area contributed by atoms with Crippen molar-refractivity contribution >= 4 is 5.97 Å². The smallest absolute Gasteiger partial charge is 0.356 e. The van der Waals surface area contributed by atoms with E-state index in [0.29, 0.717) is 5.69 Å². The number of ether oxygens (including phenoxy) is 1. The SMILES string of the molecule is CCCNCc1ccc(C(=O)OC)nc1. The lowest BCUT2D eigenvalue weighted by molar-refractivity contribution is 0.0594. The van der Waals surface area contributed by atoms with E-state index in [4.69, 9.17) is 0 Å². The first-order valence-corrected chi connectivity index (χ1v) is 5.02. The molecule has 0 atom stereocenters. The maximum atomic E-state index is 11.1. The van der Waals surface area contributed by atoms with E-state index in [2.05, 4.69) is 22.0 Å². The molecule has 0 bridgehead atoms. The molecule has 0 saturated heterocycles. The molecule has 1 N–H and O–H groups in total. The number of carbonyl (C=O) groups excluding carboxylic acids is 1. The summed E-state index contributed by atoms with van der Waals surface area (Å²) in [6.45, 7) is 3.88. The number of hydrogen-bond acceptors (Lipinski definition) is 4. The quantitative estimate of drug-likeness (QED) is 0.586. The summed E-state index contributed by atoms with van der Waals surface area (Å²) in [5.41, 5.74) is 1.41. The minimum absolute atomic E-state index is 0.344. The fourth-order valence-electron chi connectivity index (χ4n) is 1.16. The first-order chi connectivity index (χ1) is 7.27. The zero-order valence-electron chi connectivity index (χ0n) is 9.12. The van der Waals surface area contributed by atoms with Crippen molar-refractivity contribution in [2.45, 2.75) is 19.9 Å². The molecular formula is C11H16N2O2. The molecule has 0 aliphatic rings. The standard InChI is InChI=1S/C11H16N2O2/c1-3-6-12-7-9-4-5-10(13-8-9)11(14)15-2/h4-5,8,12H,3,6-7H2,1-2H3. The molecule has 0 aliphatic heterocycles. The highest BCUT2D eigenvalue weighted by Gasteiger charge is 2.05. The van der Waals surface area contributed by atoms with E-state index < -0.39 is 5.97 Å². The van der Waals surface area contributed by atoms with Gasteiger partial charge in [0.15, 0.2) is 0 Å². The molecule has 0 saturated carbocycles. The van der Waals surface area contributed by atoms with E-state index in [1.165, 1.54) is 7.11 Å². The molecule has 1 aromatic rings. The van der Waals surface area contributed by atoms with Gasteiger partial charge in [-0.3, -0.25) is 0 Å². The monoisotopic (exact) mass is 208 g/mol. The van der Waals surface area contributed by atoms with Gasteiger partial charge in [-0.1, -0.05) is 13.0 Å². The number of esters is 1. The van der Waals surface area contributed by atoms with Crippen LogP contribution in [0, 0.1) is 0 Å². The van der Waals surface area contributed by atoms with Gasteiger partial charge in [0.05, 0.1) is 7.11 Å². The number of hydrogen-bond donors (Lipinski definition) is 1. The lowest BCUT2D eigenvalue weighted by Crippen LogP contribution is -2.14. The largest absolute Gasteiger partial charge is 0.464 e. The van der Waals surface area contributed by atoms with E-state index in [1.807, 2.05) is 6.07 Å². The van der Waals surface area contributed by atoms with Crippen molar-refractivity contribution < 1.29 is 9.53 Å². The Morgan fingerprint density at radius 3 is 2.87 bits per heavy atom. The Balaban J connectivity index is 2.52. The highest BCUT2D eigenvalue weighted by Crippen LogP contribution is 2.01. The van der Waals surface area contributed by atoms with E-state index >= 15 is 0 Å². The van der Waals surface area contributed by atoms with E-state index in [-0.39, 0.29) is 0 Å². The van der Waals surface area contributed by atoms with Crippen LogP contribution in [0.25, 0.3) is 0 Å². The minimum atomic E-state index is -0.400. The average Bonchev–Trinajstić information content (AvgIpc) is 2.29. The summed E-state index contributed by atoms with van der Waals surface area (Å²) in [5.74, 6) is -0.400. The van der Waals surface area contributed by atoms with Crippen molar-refractivity contribution in [2.75, 3.05) is 13.7 Å². The third-order valence-electron chi connectivity index (χ3n) is 1.98. The van der Waals surface area contributed by atoms with Crippen molar-refractivity contribution in [1.29, 1.82) is 0 Å². The number of carbonyl (C=O) groups is 1. The zero-order chi connectivity index (χ0) is 11.1. The van der Waals surface area contributed by atoms with E-state index in [1.54, 1.807) is 12.3 Å². The summed E-state index contributed by atoms with van der Waals surface area (Å²) in [4.78, 5) is 15.1. The van der Waals surface area contributed by atoms with Crippen LogP contribution < -0.4 is 5.32 Å². The van der Waals surface area contributed by atoms with Crippen molar-refractivity contribution in [3.05, 3.63) is 29.6 Å². The summed E-state index contributed by atoms with van der Waals surface area (Å²) in [7, 11) is 1.35. The number of nitrogens with zero attached hydrogens (tertiary/aromatic N) is 1. The molecule has 0 fully saturated rings. The van der Waals surface area contributed by atoms with Crippen LogP contribution in [0.4, 0.5) is 0 Å². The second-order valence-electron chi connectivity index (χ2n) is 3.22. The maximum Gasteiger partial charge on any atom is 0.356 e. The van der Waals surface area contributed by atoms with Crippen molar-refractivity contribution in [1.82, 2.24) is 10.3 Å².